The number of rotatable bonds is 4. The van der Waals surface area contributed by atoms with Crippen LogP contribution in [0.15, 0.2) is 30.5 Å². The maximum atomic E-state index is 11.1. The Kier molecular flexibility index (Phi) is 6.77. The summed E-state index contributed by atoms with van der Waals surface area (Å²) in [7, 11) is 0. The van der Waals surface area contributed by atoms with Crippen molar-refractivity contribution in [3.8, 4) is 0 Å². The lowest BCUT2D eigenvalue weighted by Gasteiger charge is -2.22. The van der Waals surface area contributed by atoms with Crippen LogP contribution in [0, 0.1) is 0 Å². The Morgan fingerprint density at radius 2 is 1.92 bits per heavy atom. The molecule has 1 aliphatic rings. The highest BCUT2D eigenvalue weighted by Gasteiger charge is 2.16. The van der Waals surface area contributed by atoms with Crippen LogP contribution in [-0.2, 0) is 4.79 Å². The molecule has 2 aromatic rings. The van der Waals surface area contributed by atoms with Gasteiger partial charge in [0.2, 0.25) is 5.91 Å². The van der Waals surface area contributed by atoms with Crippen LogP contribution in [0.3, 0.4) is 0 Å². The SMILES string of the molecule is CC.CC(CC(N)=O)c1cnc2ccc(C3CCCCC3)cc2c1. The number of hydrogen-bond donors (Lipinski definition) is 1. The van der Waals surface area contributed by atoms with E-state index in [1.54, 1.807) is 0 Å². The number of hydrogen-bond acceptors (Lipinski definition) is 2. The second kappa shape index (κ2) is 8.81. The Balaban J connectivity index is 0.00000100. The summed E-state index contributed by atoms with van der Waals surface area (Å²) in [6.07, 6.45) is 8.91. The molecular weight excluding hydrogens is 296 g/mol. The lowest BCUT2D eigenvalue weighted by molar-refractivity contribution is -0.118. The molecule has 1 atom stereocenters. The van der Waals surface area contributed by atoms with Crippen LogP contribution in [0.4, 0.5) is 0 Å². The number of nitrogens with two attached hydrogens (primary N) is 1. The molecule has 0 saturated heterocycles. The first-order chi connectivity index (χ1) is 11.6. The largest absolute Gasteiger partial charge is 0.370 e. The van der Waals surface area contributed by atoms with Crippen LogP contribution in [-0.4, -0.2) is 10.9 Å². The maximum Gasteiger partial charge on any atom is 0.218 e. The average molecular weight is 326 g/mol. The highest BCUT2D eigenvalue weighted by atomic mass is 16.1. The topological polar surface area (TPSA) is 56.0 Å². The van der Waals surface area contributed by atoms with E-state index in [0.717, 1.165) is 11.1 Å². The predicted molar refractivity (Wildman–Crippen MR) is 101 cm³/mol. The third-order valence-electron chi connectivity index (χ3n) is 4.88. The molecule has 0 spiro atoms. The molecule has 3 heteroatoms. The zero-order chi connectivity index (χ0) is 17.5. The van der Waals surface area contributed by atoms with Crippen molar-refractivity contribution in [3.05, 3.63) is 41.6 Å². The van der Waals surface area contributed by atoms with Crippen LogP contribution in [0.5, 0.6) is 0 Å². The van der Waals surface area contributed by atoms with Crippen molar-refractivity contribution in [2.75, 3.05) is 0 Å². The number of amides is 1. The molecule has 1 aromatic carbocycles. The molecule has 0 radical (unpaired) electrons. The van der Waals surface area contributed by atoms with Gasteiger partial charge in [-0.2, -0.15) is 0 Å². The van der Waals surface area contributed by atoms with E-state index in [-0.39, 0.29) is 11.8 Å². The van der Waals surface area contributed by atoms with Crippen LogP contribution in [0.25, 0.3) is 10.9 Å². The van der Waals surface area contributed by atoms with Crippen molar-refractivity contribution < 1.29 is 4.79 Å². The van der Waals surface area contributed by atoms with E-state index in [4.69, 9.17) is 5.73 Å². The fourth-order valence-electron chi connectivity index (χ4n) is 3.55. The van der Waals surface area contributed by atoms with Crippen LogP contribution >= 0.6 is 0 Å². The van der Waals surface area contributed by atoms with Gasteiger partial charge in [0.25, 0.3) is 0 Å². The van der Waals surface area contributed by atoms with E-state index in [2.05, 4.69) is 29.2 Å². The first-order valence-electron chi connectivity index (χ1n) is 9.31. The zero-order valence-corrected chi connectivity index (χ0v) is 15.2. The number of benzene rings is 1. The van der Waals surface area contributed by atoms with E-state index in [0.29, 0.717) is 12.3 Å². The van der Waals surface area contributed by atoms with Crippen molar-refractivity contribution in [2.24, 2.45) is 5.73 Å². The van der Waals surface area contributed by atoms with Crippen molar-refractivity contribution in [1.29, 1.82) is 0 Å². The molecule has 1 fully saturated rings. The summed E-state index contributed by atoms with van der Waals surface area (Å²) >= 11 is 0. The van der Waals surface area contributed by atoms with Gasteiger partial charge in [-0.1, -0.05) is 46.1 Å². The minimum absolute atomic E-state index is 0.118. The van der Waals surface area contributed by atoms with Gasteiger partial charge in [-0.15, -0.1) is 0 Å². The fraction of sp³-hybridized carbons (Fsp3) is 0.524. The van der Waals surface area contributed by atoms with Gasteiger partial charge in [-0.05, 0) is 54.0 Å². The maximum absolute atomic E-state index is 11.1. The first kappa shape index (κ1) is 18.4. The number of nitrogens with zero attached hydrogens (tertiary/aromatic N) is 1. The van der Waals surface area contributed by atoms with Crippen molar-refractivity contribution in [3.63, 3.8) is 0 Å². The molecule has 3 rings (SSSR count). The minimum atomic E-state index is -0.261. The van der Waals surface area contributed by atoms with Crippen LogP contribution in [0.2, 0.25) is 0 Å². The third-order valence-corrected chi connectivity index (χ3v) is 4.88. The number of primary amides is 1. The molecule has 1 aromatic heterocycles. The highest BCUT2D eigenvalue weighted by Crippen LogP contribution is 2.34. The van der Waals surface area contributed by atoms with Gasteiger partial charge in [0.05, 0.1) is 5.52 Å². The van der Waals surface area contributed by atoms with Crippen molar-refractivity contribution in [1.82, 2.24) is 4.98 Å². The van der Waals surface area contributed by atoms with Gasteiger partial charge in [0.15, 0.2) is 0 Å². The second-order valence-corrected chi connectivity index (χ2v) is 6.63. The fourth-order valence-corrected chi connectivity index (χ4v) is 3.55. The van der Waals surface area contributed by atoms with Gasteiger partial charge in [-0.25, -0.2) is 0 Å². The minimum Gasteiger partial charge on any atom is -0.370 e. The molecule has 24 heavy (non-hydrogen) atoms. The highest BCUT2D eigenvalue weighted by molar-refractivity contribution is 5.80. The summed E-state index contributed by atoms with van der Waals surface area (Å²) in [5.74, 6) is 0.557. The Hall–Kier alpha value is -1.90. The van der Waals surface area contributed by atoms with E-state index in [9.17, 15) is 4.79 Å². The molecule has 130 valence electrons. The molecule has 1 saturated carbocycles. The number of aromatic nitrogens is 1. The zero-order valence-electron chi connectivity index (χ0n) is 15.2. The summed E-state index contributed by atoms with van der Waals surface area (Å²) in [5.41, 5.74) is 8.86. The van der Waals surface area contributed by atoms with Gasteiger partial charge in [0, 0.05) is 18.0 Å². The third kappa shape index (κ3) is 4.56. The summed E-state index contributed by atoms with van der Waals surface area (Å²) in [4.78, 5) is 15.7. The number of carbonyl (C=O) groups excluding carboxylic acids is 1. The van der Waals surface area contributed by atoms with Gasteiger partial charge in [0.1, 0.15) is 0 Å². The van der Waals surface area contributed by atoms with E-state index >= 15 is 0 Å². The smallest absolute Gasteiger partial charge is 0.218 e. The van der Waals surface area contributed by atoms with E-state index in [1.807, 2.05) is 27.0 Å². The molecule has 3 nitrogen and oxygen atoms in total. The first-order valence-corrected chi connectivity index (χ1v) is 9.31. The molecule has 1 aliphatic carbocycles. The number of pyridine rings is 1. The lowest BCUT2D eigenvalue weighted by Crippen LogP contribution is -2.13. The van der Waals surface area contributed by atoms with E-state index in [1.165, 1.54) is 43.1 Å². The summed E-state index contributed by atoms with van der Waals surface area (Å²) in [5, 5.41) is 1.18. The molecule has 0 bridgehead atoms. The van der Waals surface area contributed by atoms with Gasteiger partial charge < -0.3 is 5.73 Å². The number of fused-ring (bicyclic) bond motifs is 1. The standard InChI is InChI=1S/C19H24N2O.C2H6/c1-13(9-19(20)22)17-11-16-10-15(7-8-18(16)21-12-17)14-5-3-2-4-6-14;1-2/h7-8,10-14H,2-6,9H2,1H3,(H2,20,22);1-2H3. The van der Waals surface area contributed by atoms with Gasteiger partial charge in [-0.3, -0.25) is 9.78 Å². The second-order valence-electron chi connectivity index (χ2n) is 6.63. The monoisotopic (exact) mass is 326 g/mol. The quantitative estimate of drug-likeness (QED) is 0.830. The Bertz CT molecular complexity index is 675. The summed E-state index contributed by atoms with van der Waals surface area (Å²) < 4.78 is 0. The van der Waals surface area contributed by atoms with E-state index < -0.39 is 0 Å². The Morgan fingerprint density at radius 3 is 2.58 bits per heavy atom. The van der Waals surface area contributed by atoms with Crippen LogP contribution < -0.4 is 5.73 Å². The average Bonchev–Trinajstić information content (AvgIpc) is 2.62. The van der Waals surface area contributed by atoms with Gasteiger partial charge >= 0.3 is 0 Å². The summed E-state index contributed by atoms with van der Waals surface area (Å²) in [6, 6.07) is 8.82. The molecule has 0 aliphatic heterocycles. The van der Waals surface area contributed by atoms with Crippen molar-refractivity contribution in [2.45, 2.75) is 71.1 Å². The Morgan fingerprint density at radius 1 is 1.21 bits per heavy atom. The van der Waals surface area contributed by atoms with Crippen LogP contribution in [0.1, 0.15) is 82.3 Å². The molecular formula is C21H30N2O. The predicted octanol–water partition coefficient (Wildman–Crippen LogP) is 5.29. The number of carbonyl (C=O) groups is 1. The lowest BCUT2D eigenvalue weighted by atomic mass is 9.83. The van der Waals surface area contributed by atoms with Crippen molar-refractivity contribution >= 4 is 16.8 Å². The molecule has 2 N–H and O–H groups in total. The molecule has 1 heterocycles. The molecule has 1 unspecified atom stereocenters. The molecule has 1 amide bonds. The normalized spacial score (nSPS) is 16.3. The Labute approximate surface area is 145 Å². The summed E-state index contributed by atoms with van der Waals surface area (Å²) in [6.45, 7) is 6.03.